The Hall–Kier alpha value is -2.00. The summed E-state index contributed by atoms with van der Waals surface area (Å²) in [5.74, 6) is 0. The summed E-state index contributed by atoms with van der Waals surface area (Å²) < 4.78 is 0. The van der Waals surface area contributed by atoms with Crippen LogP contribution in [-0.2, 0) is 12.8 Å². The van der Waals surface area contributed by atoms with Crippen LogP contribution in [-0.4, -0.2) is 19.1 Å². The van der Waals surface area contributed by atoms with Gasteiger partial charge in [-0.3, -0.25) is 4.90 Å². The lowest BCUT2D eigenvalue weighted by molar-refractivity contribution is 0.246. The molecule has 0 unspecified atom stereocenters. The highest BCUT2D eigenvalue weighted by Crippen LogP contribution is 2.26. The van der Waals surface area contributed by atoms with Crippen molar-refractivity contribution >= 4 is 23.3 Å². The highest BCUT2D eigenvalue weighted by molar-refractivity contribution is 6.30. The lowest BCUT2D eigenvalue weighted by Crippen LogP contribution is -2.43. The molecule has 0 bridgehead atoms. The molecule has 0 atom stereocenters. The summed E-state index contributed by atoms with van der Waals surface area (Å²) in [6, 6.07) is 15.9. The third-order valence-corrected chi connectivity index (χ3v) is 4.17. The Balaban J connectivity index is 1.59. The van der Waals surface area contributed by atoms with Crippen molar-refractivity contribution in [2.24, 2.45) is 0 Å². The largest absolute Gasteiger partial charge is 0.337 e. The number of carbonyl (C=O) groups excluding carboxylic acids is 1. The molecule has 0 fully saturated rings. The van der Waals surface area contributed by atoms with Crippen molar-refractivity contribution in [3.05, 3.63) is 64.7 Å². The fraction of sp³-hybridized carbons (Fsp3) is 0.278. The number of halogens is 1. The second-order valence-electron chi connectivity index (χ2n) is 5.50. The number of urea groups is 1. The second-order valence-corrected chi connectivity index (χ2v) is 5.93. The highest BCUT2D eigenvalue weighted by Gasteiger charge is 2.21. The maximum Gasteiger partial charge on any atom is 0.321 e. The maximum atomic E-state index is 12.4. The van der Waals surface area contributed by atoms with Crippen molar-refractivity contribution in [1.82, 2.24) is 5.32 Å². The van der Waals surface area contributed by atoms with Crippen molar-refractivity contribution in [2.45, 2.75) is 19.3 Å². The van der Waals surface area contributed by atoms with E-state index in [1.165, 1.54) is 5.56 Å². The molecule has 2 amide bonds. The van der Waals surface area contributed by atoms with E-state index in [1.54, 1.807) is 0 Å². The molecule has 22 heavy (non-hydrogen) atoms. The first-order valence-electron chi connectivity index (χ1n) is 7.62. The van der Waals surface area contributed by atoms with Crippen LogP contribution in [0.1, 0.15) is 17.5 Å². The van der Waals surface area contributed by atoms with Crippen molar-refractivity contribution in [1.29, 1.82) is 0 Å². The number of hydrogen-bond acceptors (Lipinski definition) is 1. The quantitative estimate of drug-likeness (QED) is 0.911. The van der Waals surface area contributed by atoms with Crippen LogP contribution in [0.5, 0.6) is 0 Å². The molecule has 2 aromatic rings. The normalized spacial score (nSPS) is 13.6. The number of nitrogens with one attached hydrogen (secondary N) is 1. The number of para-hydroxylation sites is 1. The fourth-order valence-corrected chi connectivity index (χ4v) is 3.06. The van der Waals surface area contributed by atoms with Crippen LogP contribution in [0.15, 0.2) is 48.5 Å². The Kier molecular flexibility index (Phi) is 4.64. The number of hydrogen-bond donors (Lipinski definition) is 1. The molecule has 1 N–H and O–H groups in total. The molecule has 1 aliphatic heterocycles. The van der Waals surface area contributed by atoms with Crippen LogP contribution in [0.4, 0.5) is 10.5 Å². The van der Waals surface area contributed by atoms with Gasteiger partial charge >= 0.3 is 6.03 Å². The van der Waals surface area contributed by atoms with E-state index in [2.05, 4.69) is 11.4 Å². The van der Waals surface area contributed by atoms with E-state index in [9.17, 15) is 4.79 Å². The van der Waals surface area contributed by atoms with Gasteiger partial charge in [0.05, 0.1) is 0 Å². The van der Waals surface area contributed by atoms with E-state index < -0.39 is 0 Å². The van der Waals surface area contributed by atoms with Crippen LogP contribution in [0.2, 0.25) is 5.02 Å². The van der Waals surface area contributed by atoms with Gasteiger partial charge in [0, 0.05) is 23.8 Å². The smallest absolute Gasteiger partial charge is 0.321 e. The zero-order chi connectivity index (χ0) is 15.4. The van der Waals surface area contributed by atoms with Crippen LogP contribution in [0.3, 0.4) is 0 Å². The van der Waals surface area contributed by atoms with Gasteiger partial charge in [0.25, 0.3) is 0 Å². The van der Waals surface area contributed by atoms with Crippen LogP contribution in [0.25, 0.3) is 0 Å². The van der Waals surface area contributed by atoms with Gasteiger partial charge in [-0.05, 0) is 48.6 Å². The van der Waals surface area contributed by atoms with E-state index in [4.69, 9.17) is 11.6 Å². The molecule has 4 heteroatoms. The molecule has 0 spiro atoms. The number of rotatable bonds is 3. The predicted molar refractivity (Wildman–Crippen MR) is 90.7 cm³/mol. The first-order chi connectivity index (χ1) is 10.7. The summed E-state index contributed by atoms with van der Waals surface area (Å²) in [7, 11) is 0. The predicted octanol–water partition coefficient (Wildman–Crippen LogP) is 4.04. The maximum absolute atomic E-state index is 12.4. The molecule has 0 radical (unpaired) electrons. The molecular weight excluding hydrogens is 296 g/mol. The Morgan fingerprint density at radius 3 is 2.91 bits per heavy atom. The SMILES string of the molecule is O=C(NCCc1cccc(Cl)c1)N1CCCc2ccccc21. The summed E-state index contributed by atoms with van der Waals surface area (Å²) in [6.07, 6.45) is 2.84. The minimum Gasteiger partial charge on any atom is -0.337 e. The minimum atomic E-state index is -0.0193. The van der Waals surface area contributed by atoms with Crippen molar-refractivity contribution < 1.29 is 4.79 Å². The zero-order valence-electron chi connectivity index (χ0n) is 12.4. The summed E-state index contributed by atoms with van der Waals surface area (Å²) in [6.45, 7) is 1.39. The Morgan fingerprint density at radius 2 is 2.05 bits per heavy atom. The van der Waals surface area contributed by atoms with Gasteiger partial charge in [0.1, 0.15) is 0 Å². The van der Waals surface area contributed by atoms with Crippen LogP contribution in [0, 0.1) is 0 Å². The number of nitrogens with zero attached hydrogens (tertiary/aromatic N) is 1. The first kappa shape index (κ1) is 14.9. The molecule has 1 heterocycles. The minimum absolute atomic E-state index is 0.0193. The monoisotopic (exact) mass is 314 g/mol. The van der Waals surface area contributed by atoms with E-state index >= 15 is 0 Å². The molecule has 3 nitrogen and oxygen atoms in total. The number of fused-ring (bicyclic) bond motifs is 1. The molecule has 0 saturated carbocycles. The van der Waals surface area contributed by atoms with Gasteiger partial charge < -0.3 is 5.32 Å². The number of anilines is 1. The number of aryl methyl sites for hydroxylation is 1. The Morgan fingerprint density at radius 1 is 1.18 bits per heavy atom. The lowest BCUT2D eigenvalue weighted by atomic mass is 10.0. The number of carbonyl (C=O) groups is 1. The second kappa shape index (κ2) is 6.84. The molecule has 3 rings (SSSR count). The lowest BCUT2D eigenvalue weighted by Gasteiger charge is -2.29. The number of benzene rings is 2. The Labute approximate surface area is 135 Å². The average molecular weight is 315 g/mol. The van der Waals surface area contributed by atoms with Crippen LogP contribution < -0.4 is 10.2 Å². The Bertz CT molecular complexity index is 672. The van der Waals surface area contributed by atoms with Crippen molar-refractivity contribution in [2.75, 3.05) is 18.0 Å². The van der Waals surface area contributed by atoms with E-state index in [1.807, 2.05) is 47.4 Å². The van der Waals surface area contributed by atoms with E-state index in [0.29, 0.717) is 6.54 Å². The average Bonchev–Trinajstić information content (AvgIpc) is 2.54. The summed E-state index contributed by atoms with van der Waals surface area (Å²) in [4.78, 5) is 14.3. The fourth-order valence-electron chi connectivity index (χ4n) is 2.85. The van der Waals surface area contributed by atoms with Gasteiger partial charge in [-0.15, -0.1) is 0 Å². The molecule has 1 aliphatic rings. The van der Waals surface area contributed by atoms with Gasteiger partial charge in [-0.1, -0.05) is 41.9 Å². The summed E-state index contributed by atoms with van der Waals surface area (Å²) >= 11 is 5.97. The third-order valence-electron chi connectivity index (χ3n) is 3.93. The molecular formula is C18H19ClN2O. The zero-order valence-corrected chi connectivity index (χ0v) is 13.1. The summed E-state index contributed by atoms with van der Waals surface area (Å²) in [5, 5.41) is 3.74. The van der Waals surface area contributed by atoms with Gasteiger partial charge in [0.15, 0.2) is 0 Å². The molecule has 2 aromatic carbocycles. The molecule has 114 valence electrons. The first-order valence-corrected chi connectivity index (χ1v) is 7.99. The van der Waals surface area contributed by atoms with Crippen molar-refractivity contribution in [3.8, 4) is 0 Å². The van der Waals surface area contributed by atoms with Crippen LogP contribution >= 0.6 is 11.6 Å². The van der Waals surface area contributed by atoms with Crippen molar-refractivity contribution in [3.63, 3.8) is 0 Å². The van der Waals surface area contributed by atoms with E-state index in [-0.39, 0.29) is 6.03 Å². The van der Waals surface area contributed by atoms with Gasteiger partial charge in [-0.25, -0.2) is 4.79 Å². The number of amides is 2. The van der Waals surface area contributed by atoms with E-state index in [0.717, 1.165) is 42.1 Å². The van der Waals surface area contributed by atoms with Gasteiger partial charge in [0.2, 0.25) is 0 Å². The standard InChI is InChI=1S/C18H19ClN2O/c19-16-8-3-5-14(13-16)10-11-20-18(22)21-12-4-7-15-6-1-2-9-17(15)21/h1-3,5-6,8-9,13H,4,7,10-12H2,(H,20,22). The molecule has 0 aliphatic carbocycles. The van der Waals surface area contributed by atoms with Gasteiger partial charge in [-0.2, -0.15) is 0 Å². The molecule has 0 aromatic heterocycles. The molecule has 0 saturated heterocycles. The highest BCUT2D eigenvalue weighted by atomic mass is 35.5. The third kappa shape index (κ3) is 3.42. The topological polar surface area (TPSA) is 32.3 Å². The summed E-state index contributed by atoms with van der Waals surface area (Å²) in [5.41, 5.74) is 3.42.